The van der Waals surface area contributed by atoms with Crippen LogP contribution in [0.4, 0.5) is 23.3 Å². The fourth-order valence-corrected chi connectivity index (χ4v) is 4.13. The summed E-state index contributed by atoms with van der Waals surface area (Å²) >= 11 is 2.03. The molecule has 39 heavy (non-hydrogen) atoms. The highest BCUT2D eigenvalue weighted by atomic mass is 127. The third-order valence-corrected chi connectivity index (χ3v) is 6.08. The molecule has 0 aliphatic rings. The molecule has 3 aromatic rings. The van der Waals surface area contributed by atoms with Crippen LogP contribution in [-0.4, -0.2) is 33.6 Å². The third kappa shape index (κ3) is 9.74. The van der Waals surface area contributed by atoms with Crippen molar-refractivity contribution < 1.29 is 19.2 Å². The Morgan fingerprint density at radius 1 is 0.641 bits per heavy atom. The lowest BCUT2D eigenvalue weighted by molar-refractivity contribution is -0.117. The van der Waals surface area contributed by atoms with Gasteiger partial charge in [0.1, 0.15) is 23.3 Å². The first-order valence-corrected chi connectivity index (χ1v) is 13.8. The summed E-state index contributed by atoms with van der Waals surface area (Å²) < 4.78 is 0.681. The largest absolute Gasteiger partial charge is 0.311 e. The fourth-order valence-electron chi connectivity index (χ4n) is 3.46. The van der Waals surface area contributed by atoms with E-state index in [0.717, 1.165) is 25.7 Å². The first-order valence-electron chi connectivity index (χ1n) is 12.7. The van der Waals surface area contributed by atoms with E-state index >= 15 is 0 Å². The molecule has 10 nitrogen and oxygen atoms in total. The predicted octanol–water partition coefficient (Wildman–Crippen LogP) is 5.84. The van der Waals surface area contributed by atoms with Crippen molar-refractivity contribution in [1.29, 1.82) is 0 Å². The van der Waals surface area contributed by atoms with E-state index in [2.05, 4.69) is 31.2 Å². The summed E-state index contributed by atoms with van der Waals surface area (Å²) in [5.41, 5.74) is 0.521. The van der Waals surface area contributed by atoms with Crippen LogP contribution in [0, 0.1) is 3.57 Å². The van der Waals surface area contributed by atoms with Gasteiger partial charge in [-0.05, 0) is 77.9 Å². The van der Waals surface area contributed by atoms with Crippen LogP contribution in [0.3, 0.4) is 0 Å². The van der Waals surface area contributed by atoms with Gasteiger partial charge in [0.15, 0.2) is 0 Å². The summed E-state index contributed by atoms with van der Waals surface area (Å²) in [5, 5.41) is 10.9. The van der Waals surface area contributed by atoms with E-state index in [1.165, 1.54) is 6.07 Å². The molecule has 204 valence electrons. The number of amides is 4. The molecule has 0 atom stereocenters. The van der Waals surface area contributed by atoms with Crippen LogP contribution in [-0.2, 0) is 9.59 Å². The predicted molar refractivity (Wildman–Crippen MR) is 160 cm³/mol. The molecule has 4 N–H and O–H groups in total. The van der Waals surface area contributed by atoms with Gasteiger partial charge in [0.05, 0.1) is 0 Å². The molecule has 0 aliphatic heterocycles. The molecule has 3 rings (SSSR count). The Morgan fingerprint density at radius 3 is 1.41 bits per heavy atom. The number of benzene rings is 1. The molecule has 0 unspecified atom stereocenters. The average Bonchev–Trinajstić information content (AvgIpc) is 2.90. The van der Waals surface area contributed by atoms with Gasteiger partial charge >= 0.3 is 0 Å². The topological polar surface area (TPSA) is 142 Å². The Labute approximate surface area is 240 Å². The molecule has 0 bridgehead atoms. The van der Waals surface area contributed by atoms with Crippen molar-refractivity contribution in [3.05, 3.63) is 69.3 Å². The first-order chi connectivity index (χ1) is 18.8. The zero-order chi connectivity index (χ0) is 28.2. The molecule has 1 aromatic carbocycles. The second kappa shape index (κ2) is 14.9. The number of aromatic nitrogens is 2. The standard InChI is InChI=1S/C28H31IN6O4/c1-3-5-13-25(36)32-21-9-7-11-23(30-21)34-27(38)18-15-19(17-20(29)16-18)28(39)35-24-12-8-10-22(31-24)33-26(37)14-6-4-2/h7-12,15-17H,3-6,13-14H2,1-2H3,(H2,30,32,34,36,38)(H2,31,33,35,37,39). The van der Waals surface area contributed by atoms with Crippen LogP contribution in [0.5, 0.6) is 0 Å². The summed E-state index contributed by atoms with van der Waals surface area (Å²) in [5.74, 6) is 0.0139. The van der Waals surface area contributed by atoms with Crippen LogP contribution in [0.1, 0.15) is 73.1 Å². The summed E-state index contributed by atoms with van der Waals surface area (Å²) in [7, 11) is 0. The molecule has 2 aromatic heterocycles. The highest BCUT2D eigenvalue weighted by molar-refractivity contribution is 14.1. The highest BCUT2D eigenvalue weighted by Gasteiger charge is 2.15. The maximum absolute atomic E-state index is 13.0. The van der Waals surface area contributed by atoms with Gasteiger partial charge in [-0.15, -0.1) is 0 Å². The maximum atomic E-state index is 13.0. The van der Waals surface area contributed by atoms with E-state index < -0.39 is 11.8 Å². The zero-order valence-corrected chi connectivity index (χ0v) is 24.0. The molecule has 0 radical (unpaired) electrons. The van der Waals surface area contributed by atoms with Crippen molar-refractivity contribution in [3.8, 4) is 0 Å². The quantitative estimate of drug-likeness (QED) is 0.183. The number of rotatable bonds is 12. The van der Waals surface area contributed by atoms with E-state index in [0.29, 0.717) is 28.0 Å². The lowest BCUT2D eigenvalue weighted by Crippen LogP contribution is -2.18. The van der Waals surface area contributed by atoms with E-state index in [1.54, 1.807) is 48.5 Å². The van der Waals surface area contributed by atoms with Gasteiger partial charge in [0, 0.05) is 27.5 Å². The van der Waals surface area contributed by atoms with E-state index in [4.69, 9.17) is 0 Å². The number of pyridine rings is 2. The van der Waals surface area contributed by atoms with Crippen LogP contribution >= 0.6 is 22.6 Å². The molecule has 0 saturated carbocycles. The smallest absolute Gasteiger partial charge is 0.256 e. The summed E-state index contributed by atoms with van der Waals surface area (Å²) in [4.78, 5) is 58.5. The molecule has 0 aliphatic carbocycles. The van der Waals surface area contributed by atoms with E-state index in [-0.39, 0.29) is 34.6 Å². The minimum atomic E-state index is -0.459. The van der Waals surface area contributed by atoms with Crippen molar-refractivity contribution in [3.63, 3.8) is 0 Å². The molecule has 0 fully saturated rings. The number of nitrogens with one attached hydrogen (secondary N) is 4. The molecular weight excluding hydrogens is 611 g/mol. The number of halogens is 1. The lowest BCUT2D eigenvalue weighted by Gasteiger charge is -2.10. The number of carbonyl (C=O) groups excluding carboxylic acids is 4. The first kappa shape index (κ1) is 29.7. The van der Waals surface area contributed by atoms with Gasteiger partial charge in [0.25, 0.3) is 11.8 Å². The summed E-state index contributed by atoms with van der Waals surface area (Å²) in [6, 6.07) is 14.6. The van der Waals surface area contributed by atoms with Crippen LogP contribution in [0.2, 0.25) is 0 Å². The van der Waals surface area contributed by atoms with Gasteiger partial charge in [-0.25, -0.2) is 9.97 Å². The van der Waals surface area contributed by atoms with Gasteiger partial charge in [-0.2, -0.15) is 0 Å². The highest BCUT2D eigenvalue weighted by Crippen LogP contribution is 2.18. The number of hydrogen-bond donors (Lipinski definition) is 4. The Morgan fingerprint density at radius 2 is 1.03 bits per heavy atom. The van der Waals surface area contributed by atoms with Crippen LogP contribution in [0.25, 0.3) is 0 Å². The number of carbonyl (C=O) groups is 4. The maximum Gasteiger partial charge on any atom is 0.256 e. The molecule has 11 heteroatoms. The van der Waals surface area contributed by atoms with E-state index in [9.17, 15) is 19.2 Å². The molecule has 0 spiro atoms. The van der Waals surface area contributed by atoms with Crippen molar-refractivity contribution >= 4 is 69.5 Å². The molecule has 4 amide bonds. The lowest BCUT2D eigenvalue weighted by atomic mass is 10.1. The minimum absolute atomic E-state index is 0.139. The van der Waals surface area contributed by atoms with Gasteiger partial charge < -0.3 is 21.3 Å². The van der Waals surface area contributed by atoms with Gasteiger partial charge in [-0.1, -0.05) is 38.8 Å². The minimum Gasteiger partial charge on any atom is -0.311 e. The number of unbranched alkanes of at least 4 members (excludes halogenated alkanes) is 2. The monoisotopic (exact) mass is 642 g/mol. The normalized spacial score (nSPS) is 10.4. The van der Waals surface area contributed by atoms with Gasteiger partial charge in [0.2, 0.25) is 11.8 Å². The van der Waals surface area contributed by atoms with Crippen molar-refractivity contribution in [1.82, 2.24) is 9.97 Å². The van der Waals surface area contributed by atoms with Crippen molar-refractivity contribution in [2.24, 2.45) is 0 Å². The SMILES string of the molecule is CCCCC(=O)Nc1cccc(NC(=O)c2cc(I)cc(C(=O)Nc3cccc(NC(=O)CCCC)n3)c2)n1. The van der Waals surface area contributed by atoms with Crippen molar-refractivity contribution in [2.45, 2.75) is 52.4 Å². The summed E-state index contributed by atoms with van der Waals surface area (Å²) in [6.45, 7) is 4.01. The summed E-state index contributed by atoms with van der Waals surface area (Å²) in [6.07, 6.45) is 4.18. The van der Waals surface area contributed by atoms with Crippen LogP contribution < -0.4 is 21.3 Å². The second-order valence-electron chi connectivity index (χ2n) is 8.76. The number of anilines is 4. The Bertz CT molecular complexity index is 1250. The number of nitrogens with zero attached hydrogens (tertiary/aromatic N) is 2. The Kier molecular flexibility index (Phi) is 11.3. The molecular formula is C28H31IN6O4. The van der Waals surface area contributed by atoms with E-state index in [1.807, 2.05) is 36.4 Å². The Balaban J connectivity index is 1.67. The van der Waals surface area contributed by atoms with Crippen LogP contribution in [0.15, 0.2) is 54.6 Å². The Hall–Kier alpha value is -3.87. The third-order valence-electron chi connectivity index (χ3n) is 5.45. The average molecular weight is 642 g/mol. The second-order valence-corrected chi connectivity index (χ2v) is 10.0. The van der Waals surface area contributed by atoms with Gasteiger partial charge in [-0.3, -0.25) is 19.2 Å². The van der Waals surface area contributed by atoms with Crippen molar-refractivity contribution in [2.75, 3.05) is 21.3 Å². The zero-order valence-electron chi connectivity index (χ0n) is 21.8. The fraction of sp³-hybridized carbons (Fsp3) is 0.286. The molecule has 2 heterocycles. The molecule has 0 saturated heterocycles. The number of hydrogen-bond acceptors (Lipinski definition) is 6.